The highest BCUT2D eigenvalue weighted by molar-refractivity contribution is 5.70. The second kappa shape index (κ2) is 6.47. The van der Waals surface area contributed by atoms with Crippen molar-refractivity contribution in [3.8, 4) is 11.5 Å². The highest BCUT2D eigenvalue weighted by Crippen LogP contribution is 2.28. The van der Waals surface area contributed by atoms with Gasteiger partial charge in [-0.2, -0.15) is 4.98 Å². The number of nitrogen functional groups attached to an aromatic ring is 1. The van der Waals surface area contributed by atoms with Crippen molar-refractivity contribution in [2.45, 2.75) is 32.8 Å². The van der Waals surface area contributed by atoms with E-state index < -0.39 is 5.82 Å². The third-order valence-corrected chi connectivity index (χ3v) is 2.93. The molecule has 0 aliphatic rings. The second-order valence-corrected chi connectivity index (χ2v) is 4.39. The summed E-state index contributed by atoms with van der Waals surface area (Å²) in [5, 5.41) is 3.91. The van der Waals surface area contributed by atoms with Gasteiger partial charge >= 0.3 is 0 Å². The average Bonchev–Trinajstić information content (AvgIpc) is 2.91. The number of hydrogen-bond donors (Lipinski definition) is 1. The van der Waals surface area contributed by atoms with Gasteiger partial charge in [-0.25, -0.2) is 4.39 Å². The van der Waals surface area contributed by atoms with Gasteiger partial charge in [0.1, 0.15) is 11.9 Å². The molecule has 0 aliphatic carbocycles. The average molecular weight is 279 g/mol. The van der Waals surface area contributed by atoms with Crippen LogP contribution >= 0.6 is 0 Å². The number of halogens is 1. The number of anilines is 1. The summed E-state index contributed by atoms with van der Waals surface area (Å²) in [6, 6.07) is 4.48. The molecule has 1 aromatic heterocycles. The summed E-state index contributed by atoms with van der Waals surface area (Å²) in [6.45, 7) is 4.53. The van der Waals surface area contributed by atoms with Crippen molar-refractivity contribution in [3.63, 3.8) is 0 Å². The van der Waals surface area contributed by atoms with E-state index in [1.165, 1.54) is 6.07 Å². The van der Waals surface area contributed by atoms with Crippen LogP contribution in [0.2, 0.25) is 0 Å². The van der Waals surface area contributed by atoms with Crippen LogP contribution in [0, 0.1) is 5.82 Å². The fraction of sp³-hybridized carbons (Fsp3) is 0.429. The topological polar surface area (TPSA) is 74.2 Å². The van der Waals surface area contributed by atoms with Crippen LogP contribution in [0.1, 0.15) is 38.6 Å². The van der Waals surface area contributed by atoms with Crippen LogP contribution in [-0.4, -0.2) is 16.7 Å². The van der Waals surface area contributed by atoms with Gasteiger partial charge in [-0.15, -0.1) is 0 Å². The first-order valence-corrected chi connectivity index (χ1v) is 6.66. The molecule has 108 valence electrons. The first-order valence-electron chi connectivity index (χ1n) is 6.66. The van der Waals surface area contributed by atoms with E-state index in [1.54, 1.807) is 12.1 Å². The van der Waals surface area contributed by atoms with Crippen LogP contribution < -0.4 is 5.73 Å². The predicted octanol–water partition coefficient (Wildman–Crippen LogP) is 3.34. The van der Waals surface area contributed by atoms with Gasteiger partial charge in [-0.3, -0.25) is 0 Å². The number of nitrogens with zero attached hydrogens (tertiary/aromatic N) is 2. The maximum Gasteiger partial charge on any atom is 0.260 e. The van der Waals surface area contributed by atoms with E-state index in [0.717, 1.165) is 12.8 Å². The lowest BCUT2D eigenvalue weighted by atomic mass is 10.1. The molecule has 2 rings (SSSR count). The zero-order chi connectivity index (χ0) is 14.5. The molecule has 0 fully saturated rings. The monoisotopic (exact) mass is 279 g/mol. The summed E-state index contributed by atoms with van der Waals surface area (Å²) in [5.41, 5.74) is 6.09. The Hall–Kier alpha value is -1.95. The van der Waals surface area contributed by atoms with Gasteiger partial charge in [0.15, 0.2) is 0 Å². The normalized spacial score (nSPS) is 12.6. The van der Waals surface area contributed by atoms with E-state index >= 15 is 0 Å². The molecule has 1 heterocycles. The van der Waals surface area contributed by atoms with E-state index in [0.29, 0.717) is 18.0 Å². The first-order chi connectivity index (χ1) is 9.67. The molecular weight excluding hydrogens is 261 g/mol. The van der Waals surface area contributed by atoms with Crippen molar-refractivity contribution < 1.29 is 13.7 Å². The van der Waals surface area contributed by atoms with Crippen LogP contribution in [0.5, 0.6) is 0 Å². The molecule has 0 amide bonds. The maximum absolute atomic E-state index is 13.4. The van der Waals surface area contributed by atoms with Crippen LogP contribution in [-0.2, 0) is 4.74 Å². The molecule has 5 nitrogen and oxygen atoms in total. The number of hydrogen-bond acceptors (Lipinski definition) is 5. The molecule has 20 heavy (non-hydrogen) atoms. The lowest BCUT2D eigenvalue weighted by Crippen LogP contribution is -2.06. The third kappa shape index (κ3) is 2.96. The van der Waals surface area contributed by atoms with Gasteiger partial charge in [0.05, 0.1) is 11.3 Å². The Labute approximate surface area is 116 Å². The molecule has 0 bridgehead atoms. The molecule has 1 aromatic carbocycles. The molecule has 2 aromatic rings. The van der Waals surface area contributed by atoms with Gasteiger partial charge in [-0.1, -0.05) is 24.6 Å². The summed E-state index contributed by atoms with van der Waals surface area (Å²) in [7, 11) is 0. The van der Waals surface area contributed by atoms with Gasteiger partial charge in [0, 0.05) is 6.61 Å². The Bertz CT molecular complexity index is 565. The lowest BCUT2D eigenvalue weighted by molar-refractivity contribution is 0.0478. The third-order valence-electron chi connectivity index (χ3n) is 2.93. The number of benzene rings is 1. The molecule has 0 saturated carbocycles. The highest BCUT2D eigenvalue weighted by atomic mass is 19.1. The highest BCUT2D eigenvalue weighted by Gasteiger charge is 2.20. The summed E-state index contributed by atoms with van der Waals surface area (Å²) < 4.78 is 24.2. The number of para-hydroxylation sites is 1. The van der Waals surface area contributed by atoms with E-state index in [1.807, 2.05) is 6.92 Å². The van der Waals surface area contributed by atoms with Gasteiger partial charge in [0.25, 0.3) is 5.89 Å². The van der Waals surface area contributed by atoms with E-state index in [-0.39, 0.29) is 17.7 Å². The molecule has 2 N–H and O–H groups in total. The van der Waals surface area contributed by atoms with E-state index in [2.05, 4.69) is 17.1 Å². The molecule has 0 spiro atoms. The molecule has 1 atom stereocenters. The zero-order valence-corrected chi connectivity index (χ0v) is 11.6. The molecule has 6 heteroatoms. The maximum atomic E-state index is 13.4. The molecule has 0 saturated heterocycles. The molecular formula is C14H18FN3O2. The first kappa shape index (κ1) is 14.5. The van der Waals surface area contributed by atoms with Crippen LogP contribution in [0.3, 0.4) is 0 Å². The number of aromatic nitrogens is 2. The van der Waals surface area contributed by atoms with Crippen LogP contribution in [0.4, 0.5) is 10.1 Å². The fourth-order valence-corrected chi connectivity index (χ4v) is 1.95. The Morgan fingerprint density at radius 3 is 2.90 bits per heavy atom. The summed E-state index contributed by atoms with van der Waals surface area (Å²) in [5.74, 6) is 0.169. The Balaban J connectivity index is 2.30. The van der Waals surface area contributed by atoms with Crippen LogP contribution in [0.15, 0.2) is 22.7 Å². The van der Waals surface area contributed by atoms with Crippen molar-refractivity contribution >= 4 is 5.69 Å². The van der Waals surface area contributed by atoms with Gasteiger partial charge in [-0.05, 0) is 25.5 Å². The van der Waals surface area contributed by atoms with Gasteiger partial charge in [0.2, 0.25) is 5.82 Å². The van der Waals surface area contributed by atoms with Crippen molar-refractivity contribution in [2.75, 3.05) is 12.3 Å². The zero-order valence-electron chi connectivity index (χ0n) is 11.6. The van der Waals surface area contributed by atoms with Crippen molar-refractivity contribution in [3.05, 3.63) is 29.8 Å². The summed E-state index contributed by atoms with van der Waals surface area (Å²) >= 11 is 0. The molecule has 1 unspecified atom stereocenters. The number of rotatable bonds is 6. The SMILES string of the molecule is CCCC(OCC)c1noc(-c2cccc(F)c2N)n1. The van der Waals surface area contributed by atoms with E-state index in [4.69, 9.17) is 15.0 Å². The molecule has 0 aliphatic heterocycles. The van der Waals surface area contributed by atoms with Crippen LogP contribution in [0.25, 0.3) is 11.5 Å². The second-order valence-electron chi connectivity index (χ2n) is 4.39. The van der Waals surface area contributed by atoms with Crippen molar-refractivity contribution in [1.82, 2.24) is 10.1 Å². The van der Waals surface area contributed by atoms with Crippen molar-refractivity contribution in [2.24, 2.45) is 0 Å². The van der Waals surface area contributed by atoms with Gasteiger partial charge < -0.3 is 15.0 Å². The summed E-state index contributed by atoms with van der Waals surface area (Å²) in [4.78, 5) is 4.27. The minimum absolute atomic E-state index is 0.00570. The van der Waals surface area contributed by atoms with E-state index in [9.17, 15) is 4.39 Å². The summed E-state index contributed by atoms with van der Waals surface area (Å²) in [6.07, 6.45) is 1.53. The quantitative estimate of drug-likeness (QED) is 0.821. The fourth-order valence-electron chi connectivity index (χ4n) is 1.95. The standard InChI is InChI=1S/C14H18FN3O2/c1-3-6-11(19-4-2)13-17-14(20-18-13)9-7-5-8-10(15)12(9)16/h5,7-8,11H,3-4,6,16H2,1-2H3. The minimum atomic E-state index is -0.503. The largest absolute Gasteiger partial charge is 0.396 e. The Kier molecular flexibility index (Phi) is 4.68. The van der Waals surface area contributed by atoms with Crippen molar-refractivity contribution in [1.29, 1.82) is 0 Å². The number of nitrogens with two attached hydrogens (primary N) is 1. The lowest BCUT2D eigenvalue weighted by Gasteiger charge is -2.11. The smallest absolute Gasteiger partial charge is 0.260 e. The Morgan fingerprint density at radius 1 is 1.40 bits per heavy atom. The number of ether oxygens (including phenoxy) is 1. The Morgan fingerprint density at radius 2 is 2.20 bits per heavy atom. The minimum Gasteiger partial charge on any atom is -0.396 e. The molecule has 0 radical (unpaired) electrons. The predicted molar refractivity (Wildman–Crippen MR) is 73.4 cm³/mol.